The molecule has 0 radical (unpaired) electrons. The third-order valence-corrected chi connectivity index (χ3v) is 4.63. The molecular weight excluding hydrogens is 268 g/mol. The second-order valence-corrected chi connectivity index (χ2v) is 6.01. The van der Waals surface area contributed by atoms with Gasteiger partial charge in [0.1, 0.15) is 6.04 Å². The van der Waals surface area contributed by atoms with Crippen molar-refractivity contribution < 1.29 is 4.79 Å². The zero-order valence-corrected chi connectivity index (χ0v) is 12.9. The summed E-state index contributed by atoms with van der Waals surface area (Å²) in [5.74, 6) is -0.0604. The molecule has 1 aromatic carbocycles. The molecule has 0 spiro atoms. The molecule has 0 bridgehead atoms. The van der Waals surface area contributed by atoms with E-state index in [-0.39, 0.29) is 11.9 Å². The van der Waals surface area contributed by atoms with Gasteiger partial charge in [0, 0.05) is 11.9 Å². The fourth-order valence-electron chi connectivity index (χ4n) is 2.05. The molecule has 2 unspecified atom stereocenters. The second kappa shape index (κ2) is 6.20. The van der Waals surface area contributed by atoms with Crippen molar-refractivity contribution in [2.75, 3.05) is 7.05 Å². The summed E-state index contributed by atoms with van der Waals surface area (Å²) in [5, 5.41) is 2.02. The molecule has 4 heteroatoms. The lowest BCUT2D eigenvalue weighted by atomic mass is 10.0. The van der Waals surface area contributed by atoms with Crippen LogP contribution in [0, 0.1) is 6.92 Å². The van der Waals surface area contributed by atoms with Crippen molar-refractivity contribution in [3.63, 3.8) is 0 Å². The van der Waals surface area contributed by atoms with Gasteiger partial charge in [0.2, 0.25) is 5.91 Å². The summed E-state index contributed by atoms with van der Waals surface area (Å²) in [6, 6.07) is 11.3. The normalized spacial score (nSPS) is 13.8. The molecular formula is C16H20N2OS. The topological polar surface area (TPSA) is 46.3 Å². The van der Waals surface area contributed by atoms with E-state index in [2.05, 4.69) is 0 Å². The zero-order valence-electron chi connectivity index (χ0n) is 12.0. The van der Waals surface area contributed by atoms with Gasteiger partial charge < -0.3 is 10.6 Å². The van der Waals surface area contributed by atoms with E-state index >= 15 is 0 Å². The van der Waals surface area contributed by atoms with Crippen molar-refractivity contribution in [1.82, 2.24) is 4.90 Å². The molecule has 1 heterocycles. The summed E-state index contributed by atoms with van der Waals surface area (Å²) in [7, 11) is 1.81. The smallest absolute Gasteiger partial charge is 0.244 e. The number of aryl methyl sites for hydroxylation is 1. The van der Waals surface area contributed by atoms with Crippen LogP contribution in [-0.2, 0) is 4.79 Å². The Morgan fingerprint density at radius 3 is 2.45 bits per heavy atom. The van der Waals surface area contributed by atoms with Crippen molar-refractivity contribution in [2.24, 2.45) is 5.73 Å². The first-order chi connectivity index (χ1) is 9.50. The molecule has 20 heavy (non-hydrogen) atoms. The zero-order chi connectivity index (χ0) is 14.7. The SMILES string of the molecule is Cc1ccc(C(N)C(=O)N(C)C(C)c2cccs2)cc1. The first-order valence-electron chi connectivity index (χ1n) is 6.63. The highest BCUT2D eigenvalue weighted by atomic mass is 32.1. The quantitative estimate of drug-likeness (QED) is 0.938. The summed E-state index contributed by atoms with van der Waals surface area (Å²) >= 11 is 1.65. The van der Waals surface area contributed by atoms with Gasteiger partial charge in [0.15, 0.2) is 0 Å². The van der Waals surface area contributed by atoms with Crippen molar-refractivity contribution in [3.05, 3.63) is 57.8 Å². The maximum absolute atomic E-state index is 12.5. The minimum Gasteiger partial charge on any atom is -0.337 e. The van der Waals surface area contributed by atoms with E-state index in [0.717, 1.165) is 16.0 Å². The monoisotopic (exact) mass is 288 g/mol. The van der Waals surface area contributed by atoms with Gasteiger partial charge in [-0.15, -0.1) is 11.3 Å². The van der Waals surface area contributed by atoms with Crippen LogP contribution in [0.1, 0.15) is 35.0 Å². The first-order valence-corrected chi connectivity index (χ1v) is 7.51. The van der Waals surface area contributed by atoms with Crippen LogP contribution in [0.2, 0.25) is 0 Å². The summed E-state index contributed by atoms with van der Waals surface area (Å²) < 4.78 is 0. The molecule has 0 fully saturated rings. The summed E-state index contributed by atoms with van der Waals surface area (Å²) in [5.41, 5.74) is 8.11. The summed E-state index contributed by atoms with van der Waals surface area (Å²) in [6.45, 7) is 4.04. The van der Waals surface area contributed by atoms with Crippen LogP contribution in [0.25, 0.3) is 0 Å². The molecule has 2 atom stereocenters. The van der Waals surface area contributed by atoms with Gasteiger partial charge >= 0.3 is 0 Å². The number of carbonyl (C=O) groups excluding carboxylic acids is 1. The molecule has 1 amide bonds. The number of hydrogen-bond acceptors (Lipinski definition) is 3. The molecule has 106 valence electrons. The van der Waals surface area contributed by atoms with Crippen LogP contribution in [0.4, 0.5) is 0 Å². The molecule has 2 aromatic rings. The van der Waals surface area contributed by atoms with E-state index in [9.17, 15) is 4.79 Å². The van der Waals surface area contributed by atoms with Crippen LogP contribution in [-0.4, -0.2) is 17.9 Å². The number of nitrogens with zero attached hydrogens (tertiary/aromatic N) is 1. The first kappa shape index (κ1) is 14.8. The Kier molecular flexibility index (Phi) is 4.57. The van der Waals surface area contributed by atoms with Crippen LogP contribution >= 0.6 is 11.3 Å². The number of hydrogen-bond donors (Lipinski definition) is 1. The minimum atomic E-state index is -0.608. The lowest BCUT2D eigenvalue weighted by molar-refractivity contribution is -0.133. The number of amides is 1. The Morgan fingerprint density at radius 1 is 1.25 bits per heavy atom. The largest absolute Gasteiger partial charge is 0.337 e. The third kappa shape index (κ3) is 3.08. The molecule has 0 aliphatic carbocycles. The highest BCUT2D eigenvalue weighted by Gasteiger charge is 2.24. The third-order valence-electron chi connectivity index (χ3n) is 3.59. The predicted octanol–water partition coefficient (Wildman–Crippen LogP) is 3.28. The van der Waals surface area contributed by atoms with Crippen LogP contribution in [0.3, 0.4) is 0 Å². The Balaban J connectivity index is 2.12. The van der Waals surface area contributed by atoms with Gasteiger partial charge in [-0.05, 0) is 30.9 Å². The number of carbonyl (C=O) groups is 1. The fraction of sp³-hybridized carbons (Fsp3) is 0.312. The maximum atomic E-state index is 12.5. The number of thiophene rings is 1. The number of likely N-dealkylation sites (N-methyl/N-ethyl adjacent to an activating group) is 1. The number of rotatable bonds is 4. The predicted molar refractivity (Wildman–Crippen MR) is 83.6 cm³/mol. The molecule has 2 rings (SSSR count). The molecule has 3 nitrogen and oxygen atoms in total. The molecule has 0 saturated carbocycles. The van der Waals surface area contributed by atoms with Crippen LogP contribution in [0.5, 0.6) is 0 Å². The van der Waals surface area contributed by atoms with E-state index in [0.29, 0.717) is 0 Å². The van der Waals surface area contributed by atoms with Gasteiger partial charge in [-0.25, -0.2) is 0 Å². The maximum Gasteiger partial charge on any atom is 0.244 e. The lowest BCUT2D eigenvalue weighted by Crippen LogP contribution is -2.37. The van der Waals surface area contributed by atoms with Crippen LogP contribution < -0.4 is 5.73 Å². The molecule has 1 aromatic heterocycles. The Labute approximate surface area is 124 Å². The number of benzene rings is 1. The van der Waals surface area contributed by atoms with Gasteiger partial charge in [0.25, 0.3) is 0 Å². The van der Waals surface area contributed by atoms with Crippen molar-refractivity contribution >= 4 is 17.2 Å². The highest BCUT2D eigenvalue weighted by molar-refractivity contribution is 7.10. The van der Waals surface area contributed by atoms with Crippen molar-refractivity contribution in [1.29, 1.82) is 0 Å². The van der Waals surface area contributed by atoms with E-state index in [1.54, 1.807) is 23.3 Å². The summed E-state index contributed by atoms with van der Waals surface area (Å²) in [6.07, 6.45) is 0. The minimum absolute atomic E-state index is 0.0407. The van der Waals surface area contributed by atoms with Crippen molar-refractivity contribution in [3.8, 4) is 0 Å². The van der Waals surface area contributed by atoms with Gasteiger partial charge in [0.05, 0.1) is 6.04 Å². The molecule has 0 saturated heterocycles. The van der Waals surface area contributed by atoms with Gasteiger partial charge in [-0.2, -0.15) is 0 Å². The van der Waals surface area contributed by atoms with Crippen LogP contribution in [0.15, 0.2) is 41.8 Å². The van der Waals surface area contributed by atoms with E-state index in [1.807, 2.05) is 55.6 Å². The van der Waals surface area contributed by atoms with E-state index in [1.165, 1.54) is 0 Å². The summed E-state index contributed by atoms with van der Waals surface area (Å²) in [4.78, 5) is 15.4. The molecule has 2 N–H and O–H groups in total. The fourth-order valence-corrected chi connectivity index (χ4v) is 2.87. The second-order valence-electron chi connectivity index (χ2n) is 5.03. The Morgan fingerprint density at radius 2 is 1.90 bits per heavy atom. The Hall–Kier alpha value is -1.65. The Bertz CT molecular complexity index is 563. The standard InChI is InChI=1S/C16H20N2OS/c1-11-6-8-13(9-7-11)15(17)16(19)18(3)12(2)14-5-4-10-20-14/h4-10,12,15H,17H2,1-3H3. The lowest BCUT2D eigenvalue weighted by Gasteiger charge is -2.27. The van der Waals surface area contributed by atoms with Gasteiger partial charge in [-0.3, -0.25) is 4.79 Å². The molecule has 0 aliphatic rings. The average Bonchev–Trinajstić information content (AvgIpc) is 2.99. The van der Waals surface area contributed by atoms with Gasteiger partial charge in [-0.1, -0.05) is 35.9 Å². The van der Waals surface area contributed by atoms with Crippen molar-refractivity contribution in [2.45, 2.75) is 25.9 Å². The molecule has 0 aliphatic heterocycles. The average molecular weight is 288 g/mol. The highest BCUT2D eigenvalue weighted by Crippen LogP contribution is 2.25. The van der Waals surface area contributed by atoms with E-state index < -0.39 is 6.04 Å². The van der Waals surface area contributed by atoms with E-state index in [4.69, 9.17) is 5.73 Å². The number of nitrogens with two attached hydrogens (primary N) is 1.